The van der Waals surface area contributed by atoms with Gasteiger partial charge in [0.05, 0.1) is 0 Å². The Hall–Kier alpha value is -0.820. The summed E-state index contributed by atoms with van der Waals surface area (Å²) in [6.45, 7) is 5.78. The molecule has 1 nitrogen and oxygen atoms in total. The Morgan fingerprint density at radius 1 is 1.10 bits per heavy atom. The lowest BCUT2D eigenvalue weighted by atomic mass is 9.70. The van der Waals surface area contributed by atoms with E-state index >= 15 is 0 Å². The molecule has 0 aliphatic heterocycles. The summed E-state index contributed by atoms with van der Waals surface area (Å²) in [6, 6.07) is 9.87. The van der Waals surface area contributed by atoms with Gasteiger partial charge in [-0.15, -0.1) is 0 Å². The van der Waals surface area contributed by atoms with Crippen LogP contribution in [0, 0.1) is 11.8 Å². The number of rotatable bonds is 5. The molecule has 0 radical (unpaired) electrons. The van der Waals surface area contributed by atoms with Crippen LogP contribution in [0.25, 0.3) is 0 Å². The first-order chi connectivity index (χ1) is 10.3. The van der Waals surface area contributed by atoms with Crippen molar-refractivity contribution in [1.82, 2.24) is 5.32 Å². The Morgan fingerprint density at radius 2 is 1.90 bits per heavy atom. The largest absolute Gasteiger partial charge is 0.313 e. The van der Waals surface area contributed by atoms with E-state index in [1.165, 1.54) is 44.9 Å². The van der Waals surface area contributed by atoms with Gasteiger partial charge in [0.25, 0.3) is 0 Å². The van der Waals surface area contributed by atoms with Crippen molar-refractivity contribution in [3.05, 3.63) is 35.4 Å². The summed E-state index contributed by atoms with van der Waals surface area (Å²) in [5.41, 5.74) is 3.25. The first-order valence-electron chi connectivity index (χ1n) is 9.16. The maximum Gasteiger partial charge on any atom is 0.0167 e. The van der Waals surface area contributed by atoms with Gasteiger partial charge in [-0.25, -0.2) is 0 Å². The fourth-order valence-electron chi connectivity index (χ4n) is 5.01. The maximum atomic E-state index is 3.90. The first-order valence-corrected chi connectivity index (χ1v) is 9.16. The van der Waals surface area contributed by atoms with E-state index in [9.17, 15) is 0 Å². The molecule has 2 aliphatic carbocycles. The zero-order valence-corrected chi connectivity index (χ0v) is 13.8. The summed E-state index contributed by atoms with van der Waals surface area (Å²) in [6.07, 6.45) is 9.79. The molecular formula is C20H31N. The second-order valence-corrected chi connectivity index (χ2v) is 7.04. The third-order valence-electron chi connectivity index (χ3n) is 6.01. The second-order valence-electron chi connectivity index (χ2n) is 7.04. The predicted molar refractivity (Wildman–Crippen MR) is 90.7 cm³/mol. The van der Waals surface area contributed by atoms with E-state index in [0.717, 1.165) is 24.3 Å². The maximum absolute atomic E-state index is 3.90. The molecule has 21 heavy (non-hydrogen) atoms. The molecule has 4 unspecified atom stereocenters. The Labute approximate surface area is 130 Å². The summed E-state index contributed by atoms with van der Waals surface area (Å²) in [7, 11) is 0. The number of hydrogen-bond donors (Lipinski definition) is 1. The van der Waals surface area contributed by atoms with E-state index in [4.69, 9.17) is 0 Å². The number of nitrogens with one attached hydrogen (secondary N) is 1. The van der Waals surface area contributed by atoms with Crippen molar-refractivity contribution >= 4 is 0 Å². The van der Waals surface area contributed by atoms with Crippen molar-refractivity contribution in [2.24, 2.45) is 11.8 Å². The third-order valence-corrected chi connectivity index (χ3v) is 6.01. The van der Waals surface area contributed by atoms with Gasteiger partial charge in [-0.05, 0) is 48.8 Å². The summed E-state index contributed by atoms with van der Waals surface area (Å²) >= 11 is 0. The Morgan fingerprint density at radius 3 is 2.71 bits per heavy atom. The molecule has 4 atom stereocenters. The van der Waals surface area contributed by atoms with E-state index in [1.807, 2.05) is 0 Å². The van der Waals surface area contributed by atoms with Gasteiger partial charge in [-0.3, -0.25) is 0 Å². The van der Waals surface area contributed by atoms with Gasteiger partial charge in [0, 0.05) is 12.0 Å². The zero-order chi connectivity index (χ0) is 14.7. The van der Waals surface area contributed by atoms with Crippen molar-refractivity contribution < 1.29 is 0 Å². The molecule has 1 aromatic rings. The predicted octanol–water partition coefficient (Wildman–Crippen LogP) is 4.91. The molecule has 0 heterocycles. The zero-order valence-electron chi connectivity index (χ0n) is 13.8. The molecule has 1 fully saturated rings. The van der Waals surface area contributed by atoms with Crippen LogP contribution in [0.3, 0.4) is 0 Å². The molecule has 0 bridgehead atoms. The highest BCUT2D eigenvalue weighted by Crippen LogP contribution is 2.43. The molecule has 0 amide bonds. The van der Waals surface area contributed by atoms with Crippen LogP contribution in [-0.2, 0) is 6.42 Å². The smallest absolute Gasteiger partial charge is 0.0167 e. The van der Waals surface area contributed by atoms with E-state index in [2.05, 4.69) is 43.4 Å². The fraction of sp³-hybridized carbons (Fsp3) is 0.700. The van der Waals surface area contributed by atoms with Gasteiger partial charge >= 0.3 is 0 Å². The highest BCUT2D eigenvalue weighted by molar-refractivity contribution is 5.36. The fourth-order valence-corrected chi connectivity index (χ4v) is 5.01. The van der Waals surface area contributed by atoms with Gasteiger partial charge in [-0.2, -0.15) is 0 Å². The minimum absolute atomic E-state index is 0.698. The molecule has 2 aliphatic rings. The Kier molecular flexibility index (Phi) is 5.00. The third kappa shape index (κ3) is 3.04. The molecular weight excluding hydrogens is 254 g/mol. The minimum atomic E-state index is 0.698. The summed E-state index contributed by atoms with van der Waals surface area (Å²) in [5.74, 6) is 2.58. The molecule has 0 aromatic heterocycles. The van der Waals surface area contributed by atoms with Crippen LogP contribution in [0.2, 0.25) is 0 Å². The molecule has 0 saturated heterocycles. The monoisotopic (exact) mass is 285 g/mol. The average molecular weight is 285 g/mol. The SMILES string of the molecule is CCNC(C1CCc2ccccc21)C1CCCCC1CC. The molecule has 1 N–H and O–H groups in total. The first kappa shape index (κ1) is 15.1. The van der Waals surface area contributed by atoms with E-state index in [1.54, 1.807) is 11.1 Å². The summed E-state index contributed by atoms with van der Waals surface area (Å²) in [4.78, 5) is 0. The molecule has 1 saturated carbocycles. The molecule has 0 spiro atoms. The molecule has 1 aromatic carbocycles. The van der Waals surface area contributed by atoms with E-state index in [0.29, 0.717) is 6.04 Å². The highest BCUT2D eigenvalue weighted by Gasteiger charge is 2.37. The van der Waals surface area contributed by atoms with Crippen molar-refractivity contribution in [3.8, 4) is 0 Å². The lowest BCUT2D eigenvalue weighted by Gasteiger charge is -2.40. The second kappa shape index (κ2) is 6.96. The van der Waals surface area contributed by atoms with Crippen molar-refractivity contribution in [1.29, 1.82) is 0 Å². The van der Waals surface area contributed by atoms with Gasteiger partial charge in [0.2, 0.25) is 0 Å². The minimum Gasteiger partial charge on any atom is -0.313 e. The van der Waals surface area contributed by atoms with Crippen LogP contribution in [0.5, 0.6) is 0 Å². The Bertz CT molecular complexity index is 453. The van der Waals surface area contributed by atoms with Gasteiger partial charge < -0.3 is 5.32 Å². The van der Waals surface area contributed by atoms with Gasteiger partial charge in [0.1, 0.15) is 0 Å². The van der Waals surface area contributed by atoms with Crippen LogP contribution in [0.15, 0.2) is 24.3 Å². The highest BCUT2D eigenvalue weighted by atomic mass is 14.9. The number of likely N-dealkylation sites (N-methyl/N-ethyl adjacent to an activating group) is 1. The van der Waals surface area contributed by atoms with Crippen LogP contribution >= 0.6 is 0 Å². The van der Waals surface area contributed by atoms with E-state index < -0.39 is 0 Å². The van der Waals surface area contributed by atoms with Crippen molar-refractivity contribution in [2.75, 3.05) is 6.54 Å². The number of fused-ring (bicyclic) bond motifs is 1. The Balaban J connectivity index is 1.84. The average Bonchev–Trinajstić information content (AvgIpc) is 2.96. The van der Waals surface area contributed by atoms with Crippen LogP contribution < -0.4 is 5.32 Å². The van der Waals surface area contributed by atoms with Crippen LogP contribution in [0.1, 0.15) is 69.4 Å². The van der Waals surface area contributed by atoms with Gasteiger partial charge in [0.15, 0.2) is 0 Å². The number of hydrogen-bond acceptors (Lipinski definition) is 1. The normalized spacial score (nSPS) is 30.1. The van der Waals surface area contributed by atoms with Crippen molar-refractivity contribution in [2.45, 2.75) is 70.8 Å². The lowest BCUT2D eigenvalue weighted by Crippen LogP contribution is -2.44. The summed E-state index contributed by atoms with van der Waals surface area (Å²) in [5, 5.41) is 3.90. The summed E-state index contributed by atoms with van der Waals surface area (Å²) < 4.78 is 0. The molecule has 1 heteroatoms. The molecule has 3 rings (SSSR count). The van der Waals surface area contributed by atoms with Gasteiger partial charge in [-0.1, -0.05) is 63.8 Å². The number of aryl methyl sites for hydroxylation is 1. The van der Waals surface area contributed by atoms with Crippen LogP contribution in [0.4, 0.5) is 0 Å². The topological polar surface area (TPSA) is 12.0 Å². The van der Waals surface area contributed by atoms with Crippen LogP contribution in [-0.4, -0.2) is 12.6 Å². The quantitative estimate of drug-likeness (QED) is 0.810. The number of benzene rings is 1. The van der Waals surface area contributed by atoms with E-state index in [-0.39, 0.29) is 0 Å². The standard InChI is InChI=1S/C20H31N/c1-3-15-9-5-8-12-18(15)20(21-4-2)19-14-13-16-10-6-7-11-17(16)19/h6-7,10-11,15,18-21H,3-5,8-9,12-14H2,1-2H3. The van der Waals surface area contributed by atoms with Crippen molar-refractivity contribution in [3.63, 3.8) is 0 Å². The lowest BCUT2D eigenvalue weighted by molar-refractivity contribution is 0.158. The molecule has 116 valence electrons.